The standard InChI is InChI=1S/C11H17N7O/c1-7-5-8(19-17-7)6-13-10-14-9(12-2)15-11(16-10)18(3)4/h5H,6H2,1-4H3,(H2,12,13,14,15,16). The van der Waals surface area contributed by atoms with Crippen molar-refractivity contribution in [1.29, 1.82) is 0 Å². The average Bonchev–Trinajstić information content (AvgIpc) is 2.81. The number of nitrogens with zero attached hydrogens (tertiary/aromatic N) is 5. The van der Waals surface area contributed by atoms with Crippen molar-refractivity contribution < 1.29 is 4.52 Å². The lowest BCUT2D eigenvalue weighted by atomic mass is 10.4. The van der Waals surface area contributed by atoms with E-state index < -0.39 is 0 Å². The zero-order valence-electron chi connectivity index (χ0n) is 11.4. The van der Waals surface area contributed by atoms with Crippen LogP contribution in [0.4, 0.5) is 17.8 Å². The first kappa shape index (κ1) is 13.1. The van der Waals surface area contributed by atoms with Crippen LogP contribution in [0.3, 0.4) is 0 Å². The van der Waals surface area contributed by atoms with E-state index in [1.54, 1.807) is 7.05 Å². The molecule has 0 radical (unpaired) electrons. The summed E-state index contributed by atoms with van der Waals surface area (Å²) < 4.78 is 5.11. The molecule has 19 heavy (non-hydrogen) atoms. The number of anilines is 3. The minimum absolute atomic E-state index is 0.473. The van der Waals surface area contributed by atoms with Gasteiger partial charge in [-0.1, -0.05) is 5.16 Å². The quantitative estimate of drug-likeness (QED) is 0.821. The summed E-state index contributed by atoms with van der Waals surface area (Å²) in [4.78, 5) is 14.6. The van der Waals surface area contributed by atoms with Crippen LogP contribution < -0.4 is 15.5 Å². The molecule has 0 aliphatic rings. The summed E-state index contributed by atoms with van der Waals surface area (Å²) in [6.07, 6.45) is 0. The highest BCUT2D eigenvalue weighted by molar-refractivity contribution is 5.42. The molecule has 0 aliphatic heterocycles. The lowest BCUT2D eigenvalue weighted by Crippen LogP contribution is -2.16. The van der Waals surface area contributed by atoms with Gasteiger partial charge in [0.15, 0.2) is 5.76 Å². The zero-order chi connectivity index (χ0) is 13.8. The van der Waals surface area contributed by atoms with Gasteiger partial charge in [0, 0.05) is 27.2 Å². The van der Waals surface area contributed by atoms with E-state index in [2.05, 4.69) is 30.7 Å². The molecule has 0 aliphatic carbocycles. The predicted molar refractivity (Wildman–Crippen MR) is 72.3 cm³/mol. The zero-order valence-corrected chi connectivity index (χ0v) is 11.4. The molecule has 2 aromatic heterocycles. The van der Waals surface area contributed by atoms with Crippen molar-refractivity contribution in [2.45, 2.75) is 13.5 Å². The third-order valence-corrected chi connectivity index (χ3v) is 2.34. The number of rotatable bonds is 5. The molecule has 102 valence electrons. The predicted octanol–water partition coefficient (Wildman–Crippen LogP) is 0.888. The molecular weight excluding hydrogens is 246 g/mol. The molecule has 8 nitrogen and oxygen atoms in total. The first-order chi connectivity index (χ1) is 9.08. The molecular formula is C11H17N7O. The van der Waals surface area contributed by atoms with Crippen LogP contribution in [0.1, 0.15) is 11.5 Å². The Bertz CT molecular complexity index is 552. The summed E-state index contributed by atoms with van der Waals surface area (Å²) in [5.41, 5.74) is 0.845. The van der Waals surface area contributed by atoms with E-state index in [0.717, 1.165) is 11.5 Å². The van der Waals surface area contributed by atoms with E-state index in [1.165, 1.54) is 0 Å². The molecule has 0 atom stereocenters. The maximum Gasteiger partial charge on any atom is 0.231 e. The lowest BCUT2D eigenvalue weighted by molar-refractivity contribution is 0.384. The summed E-state index contributed by atoms with van der Waals surface area (Å²) in [7, 11) is 5.51. The Morgan fingerprint density at radius 1 is 1.21 bits per heavy atom. The van der Waals surface area contributed by atoms with E-state index in [-0.39, 0.29) is 0 Å². The van der Waals surface area contributed by atoms with Gasteiger partial charge in [0.25, 0.3) is 0 Å². The summed E-state index contributed by atoms with van der Waals surface area (Å²) in [5, 5.41) is 9.80. The van der Waals surface area contributed by atoms with Crippen LogP contribution in [0.25, 0.3) is 0 Å². The molecule has 8 heteroatoms. The van der Waals surface area contributed by atoms with Gasteiger partial charge in [-0.3, -0.25) is 0 Å². The Kier molecular flexibility index (Phi) is 3.79. The maximum absolute atomic E-state index is 5.11. The number of aryl methyl sites for hydroxylation is 1. The van der Waals surface area contributed by atoms with Crippen molar-refractivity contribution >= 4 is 17.8 Å². The van der Waals surface area contributed by atoms with Crippen molar-refractivity contribution in [2.75, 3.05) is 36.7 Å². The minimum atomic E-state index is 0.473. The van der Waals surface area contributed by atoms with E-state index in [9.17, 15) is 0 Å². The number of aromatic nitrogens is 4. The smallest absolute Gasteiger partial charge is 0.231 e. The summed E-state index contributed by atoms with van der Waals surface area (Å²) in [6.45, 7) is 2.35. The van der Waals surface area contributed by atoms with Gasteiger partial charge in [-0.15, -0.1) is 0 Å². The normalized spacial score (nSPS) is 10.3. The van der Waals surface area contributed by atoms with Gasteiger partial charge >= 0.3 is 0 Å². The van der Waals surface area contributed by atoms with Gasteiger partial charge < -0.3 is 20.1 Å². The van der Waals surface area contributed by atoms with Crippen LogP contribution in [0, 0.1) is 6.92 Å². The van der Waals surface area contributed by atoms with Crippen LogP contribution in [-0.2, 0) is 6.54 Å². The van der Waals surface area contributed by atoms with Gasteiger partial charge in [-0.25, -0.2) is 0 Å². The van der Waals surface area contributed by atoms with Crippen molar-refractivity contribution in [3.63, 3.8) is 0 Å². The second-order valence-electron chi connectivity index (χ2n) is 4.22. The third-order valence-electron chi connectivity index (χ3n) is 2.34. The fourth-order valence-corrected chi connectivity index (χ4v) is 1.42. The number of nitrogens with one attached hydrogen (secondary N) is 2. The second-order valence-corrected chi connectivity index (χ2v) is 4.22. The monoisotopic (exact) mass is 263 g/mol. The van der Waals surface area contributed by atoms with Crippen molar-refractivity contribution in [2.24, 2.45) is 0 Å². The lowest BCUT2D eigenvalue weighted by Gasteiger charge is -2.12. The first-order valence-electron chi connectivity index (χ1n) is 5.85. The Hall–Kier alpha value is -2.38. The number of hydrogen-bond donors (Lipinski definition) is 2. The average molecular weight is 263 g/mol. The highest BCUT2D eigenvalue weighted by Gasteiger charge is 2.08. The van der Waals surface area contributed by atoms with Gasteiger partial charge in [0.05, 0.1) is 12.2 Å². The molecule has 0 saturated heterocycles. The van der Waals surface area contributed by atoms with Crippen LogP contribution in [0.15, 0.2) is 10.6 Å². The maximum atomic E-state index is 5.11. The fraction of sp³-hybridized carbons (Fsp3) is 0.455. The molecule has 2 rings (SSSR count). The molecule has 2 N–H and O–H groups in total. The minimum Gasteiger partial charge on any atom is -0.359 e. The van der Waals surface area contributed by atoms with Crippen molar-refractivity contribution in [3.05, 3.63) is 17.5 Å². The fourth-order valence-electron chi connectivity index (χ4n) is 1.42. The molecule has 2 heterocycles. The summed E-state index contributed by atoms with van der Waals surface area (Å²) in [5.74, 6) is 2.30. The first-order valence-corrected chi connectivity index (χ1v) is 5.85. The highest BCUT2D eigenvalue weighted by Crippen LogP contribution is 2.12. The van der Waals surface area contributed by atoms with E-state index in [1.807, 2.05) is 32.0 Å². The molecule has 0 unspecified atom stereocenters. The largest absolute Gasteiger partial charge is 0.359 e. The van der Waals surface area contributed by atoms with Gasteiger partial charge in [0.2, 0.25) is 17.8 Å². The van der Waals surface area contributed by atoms with Crippen LogP contribution in [0.2, 0.25) is 0 Å². The second kappa shape index (κ2) is 5.51. The van der Waals surface area contributed by atoms with Gasteiger partial charge in [0.1, 0.15) is 0 Å². The van der Waals surface area contributed by atoms with Crippen molar-refractivity contribution in [1.82, 2.24) is 20.1 Å². The van der Waals surface area contributed by atoms with E-state index in [4.69, 9.17) is 4.52 Å². The summed E-state index contributed by atoms with van der Waals surface area (Å²) in [6, 6.07) is 1.86. The Morgan fingerprint density at radius 2 is 1.95 bits per heavy atom. The van der Waals surface area contributed by atoms with E-state index >= 15 is 0 Å². The topological polar surface area (TPSA) is 92.0 Å². The van der Waals surface area contributed by atoms with Crippen LogP contribution >= 0.6 is 0 Å². The molecule has 0 saturated carbocycles. The Labute approximate surface area is 111 Å². The van der Waals surface area contributed by atoms with Crippen molar-refractivity contribution in [3.8, 4) is 0 Å². The molecule has 0 fully saturated rings. The van der Waals surface area contributed by atoms with Gasteiger partial charge in [-0.05, 0) is 6.92 Å². The molecule has 0 aromatic carbocycles. The molecule has 0 amide bonds. The number of hydrogen-bond acceptors (Lipinski definition) is 8. The van der Waals surface area contributed by atoms with Gasteiger partial charge in [-0.2, -0.15) is 15.0 Å². The summed E-state index contributed by atoms with van der Waals surface area (Å²) >= 11 is 0. The van der Waals surface area contributed by atoms with Crippen LogP contribution in [-0.4, -0.2) is 41.3 Å². The van der Waals surface area contributed by atoms with Crippen LogP contribution in [0.5, 0.6) is 0 Å². The highest BCUT2D eigenvalue weighted by atomic mass is 16.5. The third kappa shape index (κ3) is 3.30. The Morgan fingerprint density at radius 3 is 2.53 bits per heavy atom. The SMILES string of the molecule is CNc1nc(NCc2cc(C)no2)nc(N(C)C)n1. The molecule has 0 bridgehead atoms. The molecule has 0 spiro atoms. The Balaban J connectivity index is 2.12. The van der Waals surface area contributed by atoms with E-state index in [0.29, 0.717) is 24.4 Å². The molecule has 2 aromatic rings.